The van der Waals surface area contributed by atoms with Crippen LogP contribution >= 0.6 is 0 Å². The zero-order valence-corrected chi connectivity index (χ0v) is 43.7. The van der Waals surface area contributed by atoms with Gasteiger partial charge in [-0.15, -0.1) is 0 Å². The van der Waals surface area contributed by atoms with Crippen LogP contribution in [0.1, 0.15) is 38.8 Å². The number of hydrogen-bond donors (Lipinski definition) is 12. The zero-order chi connectivity index (χ0) is 55.9. The molecule has 4 aromatic carbocycles. The molecule has 0 radical (unpaired) electrons. The Hall–Kier alpha value is -7.08. The van der Waals surface area contributed by atoms with Gasteiger partial charge in [-0.25, -0.2) is 0 Å². The smallest absolute Gasteiger partial charge is 0.295 e. The Morgan fingerprint density at radius 3 is 0.921 bits per heavy atom. The predicted molar refractivity (Wildman–Crippen MR) is 278 cm³/mol. The van der Waals surface area contributed by atoms with E-state index in [1.54, 1.807) is 0 Å². The van der Waals surface area contributed by atoms with Gasteiger partial charge in [0, 0.05) is 48.9 Å². The molecule has 0 aliphatic heterocycles. The molecule has 6 rings (SSSR count). The van der Waals surface area contributed by atoms with Gasteiger partial charge in [-0.1, -0.05) is 24.3 Å². The van der Waals surface area contributed by atoms with Gasteiger partial charge in [0.15, 0.2) is 0 Å². The van der Waals surface area contributed by atoms with Crippen molar-refractivity contribution in [3.8, 4) is 0 Å². The normalized spacial score (nSPS) is 13.9. The highest BCUT2D eigenvalue weighted by molar-refractivity contribution is 7.86. The van der Waals surface area contributed by atoms with E-state index in [0.717, 1.165) is 48.6 Å². The van der Waals surface area contributed by atoms with Gasteiger partial charge in [0.1, 0.15) is 9.79 Å². The van der Waals surface area contributed by atoms with E-state index >= 15 is 0 Å². The number of hydrogen-bond acceptors (Lipinski definition) is 24. The summed E-state index contributed by atoms with van der Waals surface area (Å²) in [4.78, 5) is 26.9. The molecule has 2 aromatic heterocycles. The minimum atomic E-state index is -5.05. The van der Waals surface area contributed by atoms with Gasteiger partial charge in [-0.2, -0.15) is 63.6 Å². The van der Waals surface area contributed by atoms with Gasteiger partial charge in [0.2, 0.25) is 35.7 Å². The van der Waals surface area contributed by atoms with Gasteiger partial charge < -0.3 is 51.5 Å². The Bertz CT molecular complexity index is 3290. The van der Waals surface area contributed by atoms with E-state index < -0.39 is 84.5 Å². The van der Waals surface area contributed by atoms with Crippen molar-refractivity contribution < 1.29 is 72.3 Å². The number of aromatic nitrogens is 6. The van der Waals surface area contributed by atoms with E-state index in [4.69, 9.17) is 0 Å². The van der Waals surface area contributed by atoms with Crippen LogP contribution in [0.4, 0.5) is 58.4 Å². The predicted octanol–water partition coefficient (Wildman–Crippen LogP) is 3.32. The Labute approximate surface area is 436 Å². The molecule has 76 heavy (non-hydrogen) atoms. The second-order valence-corrected chi connectivity index (χ2v) is 22.7. The standard InChI is InChI=1S/C44H52N12O16S4/c1-25(57)21-55(22-26(2)58)43-51-39(45-31-11-15-35(16-12-31)73(61,62)63)49-41(53-43)47-33-9-7-29(37(19-33)75(67,68)69)5-6-30-8-10-34(20-38(30)76(70,71)72)48-42-50-40(46-32-13-17-36(18-14-32)74(64,65)66)52-44(54-42)56(23-27(3)59)24-28(4)60/h5-20,25-28,57-60H,21-24H2,1-4H3,(H,61,62,63)(H,64,65,66)(H,67,68,69)(H,70,71,72)(H2,45,47,49,51,53)(H2,46,48,50,52,54). The molecule has 0 saturated heterocycles. The summed E-state index contributed by atoms with van der Waals surface area (Å²) in [5.41, 5.74) is 0.108. The number of aliphatic hydroxyl groups excluding tert-OH is 4. The molecule has 12 N–H and O–H groups in total. The fraction of sp³-hybridized carbons (Fsp3) is 0.273. The molecule has 28 nitrogen and oxygen atoms in total. The van der Waals surface area contributed by atoms with Crippen molar-refractivity contribution in [3.63, 3.8) is 0 Å². The fourth-order valence-corrected chi connectivity index (χ4v) is 9.43. The monoisotopic (exact) mass is 1130 g/mol. The third-order valence-corrected chi connectivity index (χ3v) is 13.7. The molecule has 408 valence electrons. The minimum Gasteiger partial charge on any atom is -0.392 e. The average molecular weight is 1130 g/mol. The third kappa shape index (κ3) is 16.7. The van der Waals surface area contributed by atoms with Crippen LogP contribution in [-0.4, -0.2) is 153 Å². The van der Waals surface area contributed by atoms with E-state index in [-0.39, 0.29) is 95.7 Å². The average Bonchev–Trinajstić information content (AvgIpc) is 3.29. The summed E-state index contributed by atoms with van der Waals surface area (Å²) in [7, 11) is -19.1. The summed E-state index contributed by atoms with van der Waals surface area (Å²) >= 11 is 0. The van der Waals surface area contributed by atoms with Gasteiger partial charge in [0.25, 0.3) is 40.5 Å². The number of nitrogens with one attached hydrogen (secondary N) is 4. The van der Waals surface area contributed by atoms with Crippen LogP contribution in [0.5, 0.6) is 0 Å². The number of aliphatic hydroxyl groups is 4. The summed E-state index contributed by atoms with van der Waals surface area (Å²) in [5.74, 6) is -0.949. The molecule has 0 amide bonds. The fourth-order valence-electron chi connectivity index (χ4n) is 7.05. The Kier molecular flexibility index (Phi) is 18.3. The number of nitrogens with zero attached hydrogens (tertiary/aromatic N) is 8. The molecule has 0 aliphatic carbocycles. The number of anilines is 10. The molecular formula is C44H52N12O16S4. The minimum absolute atomic E-state index is 0.0215. The molecule has 0 fully saturated rings. The zero-order valence-electron chi connectivity index (χ0n) is 40.4. The van der Waals surface area contributed by atoms with Crippen LogP contribution in [0.25, 0.3) is 12.2 Å². The lowest BCUT2D eigenvalue weighted by atomic mass is 10.1. The van der Waals surface area contributed by atoms with E-state index in [0.29, 0.717) is 0 Å². The molecule has 0 saturated carbocycles. The molecule has 4 unspecified atom stereocenters. The molecule has 0 spiro atoms. The topological polar surface area (TPSA) is 430 Å². The van der Waals surface area contributed by atoms with Crippen LogP contribution < -0.4 is 31.1 Å². The number of rotatable bonds is 24. The van der Waals surface area contributed by atoms with Gasteiger partial charge in [0.05, 0.1) is 34.2 Å². The lowest BCUT2D eigenvalue weighted by Gasteiger charge is -2.26. The molecule has 4 atom stereocenters. The first-order chi connectivity index (χ1) is 35.4. The van der Waals surface area contributed by atoms with Gasteiger partial charge in [-0.3, -0.25) is 18.2 Å². The van der Waals surface area contributed by atoms with E-state index in [1.807, 2.05) is 0 Å². The highest BCUT2D eigenvalue weighted by Crippen LogP contribution is 2.30. The SMILES string of the molecule is CC(O)CN(CC(C)O)c1nc(Nc2ccc(S(=O)(=O)O)cc2)nc(Nc2ccc(C=Cc3ccc(Nc4nc(Nc5ccc(S(=O)(=O)O)cc5)nc(N(CC(C)O)CC(C)O)n4)cc3S(=O)(=O)O)c(S(=O)(=O)O)c2)n1. The van der Waals surface area contributed by atoms with Crippen LogP contribution in [-0.2, 0) is 40.5 Å². The summed E-state index contributed by atoms with van der Waals surface area (Å²) in [5, 5.41) is 52.3. The third-order valence-electron chi connectivity index (χ3n) is 10.1. The molecule has 2 heterocycles. The van der Waals surface area contributed by atoms with Crippen molar-refractivity contribution in [2.45, 2.75) is 71.7 Å². The lowest BCUT2D eigenvalue weighted by molar-refractivity contribution is 0.176. The second kappa shape index (κ2) is 23.9. The van der Waals surface area contributed by atoms with Gasteiger partial charge >= 0.3 is 0 Å². The largest absolute Gasteiger partial charge is 0.392 e. The van der Waals surface area contributed by atoms with Crippen LogP contribution in [0.15, 0.2) is 105 Å². The summed E-state index contributed by atoms with van der Waals surface area (Å²) in [6, 6.07) is 16.9. The van der Waals surface area contributed by atoms with Crippen molar-refractivity contribution in [1.29, 1.82) is 0 Å². The molecular weight excluding hydrogens is 1080 g/mol. The van der Waals surface area contributed by atoms with Crippen molar-refractivity contribution in [2.75, 3.05) is 57.2 Å². The molecule has 0 bridgehead atoms. The lowest BCUT2D eigenvalue weighted by Crippen LogP contribution is -2.37. The van der Waals surface area contributed by atoms with Gasteiger partial charge in [-0.05, 0) is 112 Å². The van der Waals surface area contributed by atoms with E-state index in [1.165, 1.54) is 86.0 Å². The maximum absolute atomic E-state index is 12.9. The van der Waals surface area contributed by atoms with E-state index in [2.05, 4.69) is 51.2 Å². The Morgan fingerprint density at radius 1 is 0.408 bits per heavy atom. The maximum atomic E-state index is 12.9. The van der Waals surface area contributed by atoms with Crippen LogP contribution in [0, 0.1) is 0 Å². The second-order valence-electron chi connectivity index (χ2n) is 17.1. The highest BCUT2D eigenvalue weighted by Gasteiger charge is 2.23. The first kappa shape index (κ1) is 58.2. The maximum Gasteiger partial charge on any atom is 0.295 e. The van der Waals surface area contributed by atoms with Crippen molar-refractivity contribution >= 4 is 111 Å². The van der Waals surface area contributed by atoms with E-state index in [9.17, 15) is 72.3 Å². The highest BCUT2D eigenvalue weighted by atomic mass is 32.2. The van der Waals surface area contributed by atoms with Crippen molar-refractivity contribution in [2.24, 2.45) is 0 Å². The number of benzene rings is 4. The first-order valence-corrected chi connectivity index (χ1v) is 28.0. The first-order valence-electron chi connectivity index (χ1n) is 22.3. The quantitative estimate of drug-likeness (QED) is 0.0305. The Balaban J connectivity index is 1.33. The summed E-state index contributed by atoms with van der Waals surface area (Å²) < 4.78 is 137. The summed E-state index contributed by atoms with van der Waals surface area (Å²) in [6.45, 7) is 5.67. The summed E-state index contributed by atoms with van der Waals surface area (Å²) in [6.07, 6.45) is -1.48. The Morgan fingerprint density at radius 2 is 0.671 bits per heavy atom. The van der Waals surface area contributed by atoms with Crippen molar-refractivity contribution in [3.05, 3.63) is 96.1 Å². The molecule has 0 aliphatic rings. The van der Waals surface area contributed by atoms with Crippen LogP contribution in [0.3, 0.4) is 0 Å². The van der Waals surface area contributed by atoms with Crippen LogP contribution in [0.2, 0.25) is 0 Å². The van der Waals surface area contributed by atoms with Crippen molar-refractivity contribution in [1.82, 2.24) is 29.9 Å². The molecule has 6 aromatic rings. The molecule has 32 heteroatoms.